The van der Waals surface area contributed by atoms with Crippen LogP contribution in [-0.4, -0.2) is 64.0 Å². The van der Waals surface area contributed by atoms with Crippen molar-refractivity contribution in [2.75, 3.05) is 44.7 Å². The molecule has 0 bridgehead atoms. The van der Waals surface area contributed by atoms with E-state index in [0.717, 1.165) is 64.6 Å². The van der Waals surface area contributed by atoms with Gasteiger partial charge in [-0.05, 0) is 31.2 Å². The molecule has 4 rings (SSSR count). The largest absolute Gasteiger partial charge is 0.381 e. The molecule has 0 radical (unpaired) electrons. The van der Waals surface area contributed by atoms with Crippen LogP contribution >= 0.6 is 0 Å². The standard InChI is InChI=1S/C19H28N6O/c1-15-10-23-25(11-15)8-5-20-19-17-2-6-24(12-16-4-9-26-13-16)7-3-18(17)21-14-22-19/h10-11,14,16H,2-9,12-13H2,1H3,(H,20,21,22). The maximum Gasteiger partial charge on any atom is 0.132 e. The molecule has 1 fully saturated rings. The lowest BCUT2D eigenvalue weighted by Gasteiger charge is -2.22. The van der Waals surface area contributed by atoms with Crippen molar-refractivity contribution in [3.63, 3.8) is 0 Å². The van der Waals surface area contributed by atoms with Crippen LogP contribution in [0.15, 0.2) is 18.7 Å². The summed E-state index contributed by atoms with van der Waals surface area (Å²) in [6.45, 7) is 8.84. The number of anilines is 1. The lowest BCUT2D eigenvalue weighted by Crippen LogP contribution is -2.32. The van der Waals surface area contributed by atoms with E-state index in [9.17, 15) is 0 Å². The molecule has 2 aliphatic heterocycles. The van der Waals surface area contributed by atoms with Crippen LogP contribution in [-0.2, 0) is 24.1 Å². The molecule has 0 saturated carbocycles. The third kappa shape index (κ3) is 4.22. The van der Waals surface area contributed by atoms with Crippen molar-refractivity contribution in [2.24, 2.45) is 5.92 Å². The zero-order valence-corrected chi connectivity index (χ0v) is 15.5. The predicted octanol–water partition coefficient (Wildman–Crippen LogP) is 1.53. The van der Waals surface area contributed by atoms with Gasteiger partial charge in [0, 0.05) is 51.0 Å². The minimum Gasteiger partial charge on any atom is -0.381 e. The molecule has 1 unspecified atom stereocenters. The molecule has 26 heavy (non-hydrogen) atoms. The molecule has 1 atom stereocenters. The van der Waals surface area contributed by atoms with Crippen LogP contribution < -0.4 is 5.32 Å². The van der Waals surface area contributed by atoms with Crippen molar-refractivity contribution < 1.29 is 4.74 Å². The number of rotatable bonds is 6. The van der Waals surface area contributed by atoms with Crippen LogP contribution in [0.2, 0.25) is 0 Å². The summed E-state index contributed by atoms with van der Waals surface area (Å²) in [4.78, 5) is 11.6. The van der Waals surface area contributed by atoms with Crippen molar-refractivity contribution in [3.8, 4) is 0 Å². The van der Waals surface area contributed by atoms with Gasteiger partial charge in [0.05, 0.1) is 25.0 Å². The summed E-state index contributed by atoms with van der Waals surface area (Å²) in [7, 11) is 0. The summed E-state index contributed by atoms with van der Waals surface area (Å²) < 4.78 is 7.49. The number of aryl methyl sites for hydroxylation is 1. The average Bonchev–Trinajstić information content (AvgIpc) is 3.25. The molecule has 1 N–H and O–H groups in total. The maximum atomic E-state index is 5.53. The second kappa shape index (κ2) is 8.14. The maximum absolute atomic E-state index is 5.53. The topological polar surface area (TPSA) is 68.1 Å². The number of hydrogen-bond donors (Lipinski definition) is 1. The zero-order valence-electron chi connectivity index (χ0n) is 15.5. The number of nitrogens with zero attached hydrogens (tertiary/aromatic N) is 5. The molecule has 0 spiro atoms. The van der Waals surface area contributed by atoms with E-state index >= 15 is 0 Å². The zero-order chi connectivity index (χ0) is 17.8. The van der Waals surface area contributed by atoms with Crippen LogP contribution in [0.4, 0.5) is 5.82 Å². The Morgan fingerprint density at radius 2 is 2.19 bits per heavy atom. The van der Waals surface area contributed by atoms with E-state index in [1.165, 1.54) is 23.2 Å². The Labute approximate surface area is 154 Å². The van der Waals surface area contributed by atoms with Crippen LogP contribution in [0, 0.1) is 12.8 Å². The molecule has 7 nitrogen and oxygen atoms in total. The van der Waals surface area contributed by atoms with Gasteiger partial charge in [0.25, 0.3) is 0 Å². The second-order valence-corrected chi connectivity index (χ2v) is 7.39. The third-order valence-electron chi connectivity index (χ3n) is 5.31. The minimum atomic E-state index is 0.692. The van der Waals surface area contributed by atoms with E-state index in [4.69, 9.17) is 4.74 Å². The molecule has 2 aromatic rings. The Hall–Kier alpha value is -1.99. The fourth-order valence-electron chi connectivity index (χ4n) is 3.88. The van der Waals surface area contributed by atoms with Crippen molar-refractivity contribution in [1.29, 1.82) is 0 Å². The molecule has 0 aromatic carbocycles. The Kier molecular flexibility index (Phi) is 5.45. The first-order valence-corrected chi connectivity index (χ1v) is 9.64. The molecule has 2 aromatic heterocycles. The lowest BCUT2D eigenvalue weighted by molar-refractivity contribution is 0.168. The first-order chi connectivity index (χ1) is 12.8. The van der Waals surface area contributed by atoms with Gasteiger partial charge in [-0.2, -0.15) is 5.10 Å². The van der Waals surface area contributed by atoms with E-state index in [0.29, 0.717) is 5.92 Å². The number of nitrogens with one attached hydrogen (secondary N) is 1. The Morgan fingerprint density at radius 3 is 3.00 bits per heavy atom. The summed E-state index contributed by atoms with van der Waals surface area (Å²) >= 11 is 0. The molecule has 140 valence electrons. The Bertz CT molecular complexity index is 725. The van der Waals surface area contributed by atoms with Crippen molar-refractivity contribution in [1.82, 2.24) is 24.6 Å². The molecular formula is C19H28N6O. The van der Waals surface area contributed by atoms with E-state index in [2.05, 4.69) is 38.4 Å². The Balaban J connectivity index is 1.35. The fourth-order valence-corrected chi connectivity index (χ4v) is 3.88. The first kappa shape index (κ1) is 17.4. The molecule has 4 heterocycles. The van der Waals surface area contributed by atoms with Gasteiger partial charge in [0.1, 0.15) is 12.1 Å². The van der Waals surface area contributed by atoms with E-state index in [1.807, 2.05) is 10.9 Å². The highest BCUT2D eigenvalue weighted by Crippen LogP contribution is 2.22. The number of hydrogen-bond acceptors (Lipinski definition) is 6. The fraction of sp³-hybridized carbons (Fsp3) is 0.632. The van der Waals surface area contributed by atoms with Gasteiger partial charge in [-0.3, -0.25) is 4.68 Å². The normalized spacial score (nSPS) is 20.7. The second-order valence-electron chi connectivity index (χ2n) is 7.39. The third-order valence-corrected chi connectivity index (χ3v) is 5.31. The summed E-state index contributed by atoms with van der Waals surface area (Å²) in [5, 5.41) is 7.83. The summed E-state index contributed by atoms with van der Waals surface area (Å²) in [6.07, 6.45) is 8.85. The molecule has 2 aliphatic rings. The van der Waals surface area contributed by atoms with Gasteiger partial charge in [-0.15, -0.1) is 0 Å². The highest BCUT2D eigenvalue weighted by atomic mass is 16.5. The van der Waals surface area contributed by atoms with Gasteiger partial charge in [0.2, 0.25) is 0 Å². The molecule has 7 heteroatoms. The summed E-state index contributed by atoms with van der Waals surface area (Å²) in [6, 6.07) is 0. The SMILES string of the molecule is Cc1cnn(CCNc2ncnc3c2CCN(CC2CCOC2)CC3)c1. The first-order valence-electron chi connectivity index (χ1n) is 9.64. The predicted molar refractivity (Wildman–Crippen MR) is 100 cm³/mol. The summed E-state index contributed by atoms with van der Waals surface area (Å²) in [5.41, 5.74) is 3.67. The smallest absolute Gasteiger partial charge is 0.132 e. The van der Waals surface area contributed by atoms with Crippen LogP contribution in [0.5, 0.6) is 0 Å². The van der Waals surface area contributed by atoms with E-state index in [1.54, 1.807) is 6.33 Å². The monoisotopic (exact) mass is 356 g/mol. The minimum absolute atomic E-state index is 0.692. The molecule has 0 aliphatic carbocycles. The highest BCUT2D eigenvalue weighted by molar-refractivity contribution is 5.46. The van der Waals surface area contributed by atoms with Gasteiger partial charge < -0.3 is 15.0 Å². The Morgan fingerprint density at radius 1 is 1.27 bits per heavy atom. The quantitative estimate of drug-likeness (QED) is 0.847. The average molecular weight is 356 g/mol. The van der Waals surface area contributed by atoms with Crippen molar-refractivity contribution >= 4 is 5.82 Å². The van der Waals surface area contributed by atoms with E-state index in [-0.39, 0.29) is 0 Å². The van der Waals surface area contributed by atoms with Crippen LogP contribution in [0.25, 0.3) is 0 Å². The number of aromatic nitrogens is 4. The summed E-state index contributed by atoms with van der Waals surface area (Å²) in [5.74, 6) is 1.68. The lowest BCUT2D eigenvalue weighted by atomic mass is 10.1. The number of fused-ring (bicyclic) bond motifs is 1. The molecular weight excluding hydrogens is 328 g/mol. The van der Waals surface area contributed by atoms with Crippen LogP contribution in [0.3, 0.4) is 0 Å². The van der Waals surface area contributed by atoms with Gasteiger partial charge in [0.15, 0.2) is 0 Å². The van der Waals surface area contributed by atoms with E-state index < -0.39 is 0 Å². The van der Waals surface area contributed by atoms with Crippen molar-refractivity contribution in [2.45, 2.75) is 32.7 Å². The van der Waals surface area contributed by atoms with Gasteiger partial charge in [-0.1, -0.05) is 0 Å². The van der Waals surface area contributed by atoms with Gasteiger partial charge >= 0.3 is 0 Å². The van der Waals surface area contributed by atoms with Crippen LogP contribution in [0.1, 0.15) is 23.2 Å². The van der Waals surface area contributed by atoms with Gasteiger partial charge in [-0.25, -0.2) is 9.97 Å². The highest BCUT2D eigenvalue weighted by Gasteiger charge is 2.23. The molecule has 1 saturated heterocycles. The van der Waals surface area contributed by atoms with Crippen molar-refractivity contribution in [3.05, 3.63) is 35.5 Å². The number of ether oxygens (including phenoxy) is 1. The molecule has 0 amide bonds.